The summed E-state index contributed by atoms with van der Waals surface area (Å²) in [6.45, 7) is 1.91. The number of rotatable bonds is 8. The van der Waals surface area contributed by atoms with Crippen LogP contribution in [-0.2, 0) is 4.79 Å². The van der Waals surface area contributed by atoms with E-state index in [1.165, 1.54) is 0 Å². The van der Waals surface area contributed by atoms with Crippen LogP contribution in [0.5, 0.6) is 17.2 Å². The Morgan fingerprint density at radius 3 is 2.42 bits per heavy atom. The average molecular weight is 443 g/mol. The lowest BCUT2D eigenvalue weighted by molar-refractivity contribution is -0.123. The van der Waals surface area contributed by atoms with Crippen molar-refractivity contribution in [3.8, 4) is 17.2 Å². The van der Waals surface area contributed by atoms with Gasteiger partial charge in [-0.25, -0.2) is 0 Å². The fourth-order valence-electron chi connectivity index (χ4n) is 2.46. The average Bonchev–Trinajstić information content (AvgIpc) is 2.64. The summed E-state index contributed by atoms with van der Waals surface area (Å²) >= 11 is 9.26. The molecule has 1 N–H and O–H groups in total. The molecule has 1 amide bonds. The first-order chi connectivity index (χ1) is 12.5. The first kappa shape index (κ1) is 20.4. The van der Waals surface area contributed by atoms with E-state index in [4.69, 9.17) is 25.8 Å². The SMILES string of the molecule is CC[C@H](NC(=O)COc1ccc(Cl)cc1Br)c1ccc(OC)c(OC)c1. The van der Waals surface area contributed by atoms with Crippen LogP contribution in [0.1, 0.15) is 24.9 Å². The number of nitrogens with one attached hydrogen (secondary N) is 1. The summed E-state index contributed by atoms with van der Waals surface area (Å²) in [4.78, 5) is 12.3. The summed E-state index contributed by atoms with van der Waals surface area (Å²) in [7, 11) is 3.17. The second-order valence-electron chi connectivity index (χ2n) is 5.51. The first-order valence-electron chi connectivity index (χ1n) is 8.07. The van der Waals surface area contributed by atoms with Crippen molar-refractivity contribution in [3.05, 3.63) is 51.5 Å². The Morgan fingerprint density at radius 1 is 1.12 bits per heavy atom. The Bertz CT molecular complexity index is 769. The Kier molecular flexibility index (Phi) is 7.60. The van der Waals surface area contributed by atoms with E-state index in [0.717, 1.165) is 12.0 Å². The van der Waals surface area contributed by atoms with E-state index in [1.54, 1.807) is 32.4 Å². The maximum atomic E-state index is 12.3. The number of methoxy groups -OCH3 is 2. The zero-order valence-electron chi connectivity index (χ0n) is 14.8. The van der Waals surface area contributed by atoms with Crippen molar-refractivity contribution >= 4 is 33.4 Å². The van der Waals surface area contributed by atoms with Crippen molar-refractivity contribution in [1.29, 1.82) is 0 Å². The lowest BCUT2D eigenvalue weighted by atomic mass is 10.0. The summed E-state index contributed by atoms with van der Waals surface area (Å²) in [6, 6.07) is 10.6. The van der Waals surface area contributed by atoms with Gasteiger partial charge in [0, 0.05) is 5.02 Å². The van der Waals surface area contributed by atoms with E-state index in [0.29, 0.717) is 26.7 Å². The first-order valence-corrected chi connectivity index (χ1v) is 9.24. The molecule has 140 valence electrons. The van der Waals surface area contributed by atoms with Gasteiger partial charge in [-0.2, -0.15) is 0 Å². The second-order valence-corrected chi connectivity index (χ2v) is 6.80. The Hall–Kier alpha value is -1.92. The third-order valence-electron chi connectivity index (χ3n) is 3.81. The van der Waals surface area contributed by atoms with Crippen molar-refractivity contribution in [3.63, 3.8) is 0 Å². The second kappa shape index (κ2) is 9.69. The fraction of sp³-hybridized carbons (Fsp3) is 0.316. The highest BCUT2D eigenvalue weighted by Crippen LogP contribution is 2.31. The van der Waals surface area contributed by atoms with Crippen molar-refractivity contribution in [2.45, 2.75) is 19.4 Å². The molecule has 0 fully saturated rings. The molecule has 0 saturated heterocycles. The summed E-state index contributed by atoms with van der Waals surface area (Å²) in [5, 5.41) is 3.56. The van der Waals surface area contributed by atoms with Gasteiger partial charge in [0.2, 0.25) is 0 Å². The molecule has 0 saturated carbocycles. The molecule has 0 bridgehead atoms. The lowest BCUT2D eigenvalue weighted by Crippen LogP contribution is -2.32. The van der Waals surface area contributed by atoms with E-state index >= 15 is 0 Å². The van der Waals surface area contributed by atoms with E-state index in [9.17, 15) is 4.79 Å². The van der Waals surface area contributed by atoms with Crippen LogP contribution in [0.3, 0.4) is 0 Å². The van der Waals surface area contributed by atoms with E-state index in [1.807, 2.05) is 25.1 Å². The van der Waals surface area contributed by atoms with Gasteiger partial charge in [0.05, 0.1) is 24.7 Å². The molecule has 0 aliphatic carbocycles. The Balaban J connectivity index is 2.01. The van der Waals surface area contributed by atoms with Gasteiger partial charge in [0.15, 0.2) is 18.1 Å². The van der Waals surface area contributed by atoms with Crippen molar-refractivity contribution in [2.75, 3.05) is 20.8 Å². The highest BCUT2D eigenvalue weighted by atomic mass is 79.9. The van der Waals surface area contributed by atoms with Crippen LogP contribution in [0.25, 0.3) is 0 Å². The Labute approximate surface area is 166 Å². The highest BCUT2D eigenvalue weighted by Gasteiger charge is 2.16. The van der Waals surface area contributed by atoms with Crippen LogP contribution in [0.15, 0.2) is 40.9 Å². The fourth-order valence-corrected chi connectivity index (χ4v) is 3.26. The number of carbonyl (C=O) groups is 1. The van der Waals surface area contributed by atoms with Gasteiger partial charge in [-0.15, -0.1) is 0 Å². The minimum Gasteiger partial charge on any atom is -0.493 e. The Morgan fingerprint density at radius 2 is 1.81 bits per heavy atom. The molecule has 0 radical (unpaired) electrons. The van der Waals surface area contributed by atoms with Crippen LogP contribution in [0, 0.1) is 0 Å². The molecule has 7 heteroatoms. The minimum absolute atomic E-state index is 0.0932. The molecule has 2 aromatic carbocycles. The number of carbonyl (C=O) groups excluding carboxylic acids is 1. The van der Waals surface area contributed by atoms with E-state index in [2.05, 4.69) is 21.2 Å². The number of halogens is 2. The van der Waals surface area contributed by atoms with E-state index in [-0.39, 0.29) is 18.6 Å². The summed E-state index contributed by atoms with van der Waals surface area (Å²) in [6.07, 6.45) is 0.728. The molecule has 0 aliphatic heterocycles. The van der Waals surface area contributed by atoms with Crippen LogP contribution < -0.4 is 19.5 Å². The predicted octanol–water partition coefficient (Wildman–Crippen LogP) is 4.77. The molecule has 5 nitrogen and oxygen atoms in total. The monoisotopic (exact) mass is 441 g/mol. The molecule has 0 aliphatic rings. The molecule has 1 atom stereocenters. The predicted molar refractivity (Wildman–Crippen MR) is 105 cm³/mol. The quantitative estimate of drug-likeness (QED) is 0.640. The zero-order valence-corrected chi connectivity index (χ0v) is 17.2. The third-order valence-corrected chi connectivity index (χ3v) is 4.66. The number of hydrogen-bond donors (Lipinski definition) is 1. The van der Waals surface area contributed by atoms with Crippen LogP contribution in [0.2, 0.25) is 5.02 Å². The van der Waals surface area contributed by atoms with Gasteiger partial charge in [-0.05, 0) is 58.2 Å². The summed E-state index contributed by atoms with van der Waals surface area (Å²) in [5.74, 6) is 1.62. The molecule has 26 heavy (non-hydrogen) atoms. The molecule has 2 aromatic rings. The normalized spacial score (nSPS) is 11.6. The number of benzene rings is 2. The van der Waals surface area contributed by atoms with E-state index < -0.39 is 0 Å². The molecule has 0 unspecified atom stereocenters. The smallest absolute Gasteiger partial charge is 0.258 e. The summed E-state index contributed by atoms with van der Waals surface area (Å²) in [5.41, 5.74) is 0.936. The van der Waals surface area contributed by atoms with Gasteiger partial charge in [0.1, 0.15) is 5.75 Å². The lowest BCUT2D eigenvalue weighted by Gasteiger charge is -2.19. The molecule has 0 heterocycles. The molecule has 2 rings (SSSR count). The van der Waals surface area contributed by atoms with Crippen LogP contribution >= 0.6 is 27.5 Å². The van der Waals surface area contributed by atoms with Crippen molar-refractivity contribution < 1.29 is 19.0 Å². The standard InChI is InChI=1S/C19H21BrClNO4/c1-4-15(12-5-7-17(24-2)18(9-12)25-3)22-19(23)11-26-16-8-6-13(21)10-14(16)20/h5-10,15H,4,11H2,1-3H3,(H,22,23)/t15-/m0/s1. The summed E-state index contributed by atoms with van der Waals surface area (Å²) < 4.78 is 16.8. The molecule has 0 spiro atoms. The van der Waals surface area contributed by atoms with Crippen LogP contribution in [-0.4, -0.2) is 26.7 Å². The van der Waals surface area contributed by atoms with Gasteiger partial charge >= 0.3 is 0 Å². The molecular formula is C19H21BrClNO4. The van der Waals surface area contributed by atoms with Gasteiger partial charge in [0.25, 0.3) is 5.91 Å². The molecular weight excluding hydrogens is 422 g/mol. The minimum atomic E-state index is -0.214. The zero-order chi connectivity index (χ0) is 19.1. The maximum Gasteiger partial charge on any atom is 0.258 e. The maximum absolute atomic E-state index is 12.3. The van der Waals surface area contributed by atoms with Gasteiger partial charge < -0.3 is 19.5 Å². The number of amides is 1. The number of hydrogen-bond acceptors (Lipinski definition) is 4. The third kappa shape index (κ3) is 5.29. The largest absolute Gasteiger partial charge is 0.493 e. The van der Waals surface area contributed by atoms with Gasteiger partial charge in [-0.1, -0.05) is 24.6 Å². The van der Waals surface area contributed by atoms with Gasteiger partial charge in [-0.3, -0.25) is 4.79 Å². The molecule has 0 aromatic heterocycles. The topological polar surface area (TPSA) is 56.8 Å². The number of ether oxygens (including phenoxy) is 3. The van der Waals surface area contributed by atoms with Crippen molar-refractivity contribution in [1.82, 2.24) is 5.32 Å². The van der Waals surface area contributed by atoms with Crippen molar-refractivity contribution in [2.24, 2.45) is 0 Å². The van der Waals surface area contributed by atoms with Crippen LogP contribution in [0.4, 0.5) is 0 Å². The highest BCUT2D eigenvalue weighted by molar-refractivity contribution is 9.10.